The highest BCUT2D eigenvalue weighted by atomic mass is 35.5. The molecule has 0 saturated heterocycles. The smallest absolute Gasteiger partial charge is 0.138 e. The van der Waals surface area contributed by atoms with E-state index in [4.69, 9.17) is 16.3 Å². The molecule has 0 saturated carbocycles. The van der Waals surface area contributed by atoms with E-state index >= 15 is 0 Å². The van der Waals surface area contributed by atoms with Gasteiger partial charge in [-0.3, -0.25) is 0 Å². The quantitative estimate of drug-likeness (QED) is 0.863. The summed E-state index contributed by atoms with van der Waals surface area (Å²) in [5.74, 6) is 0.881. The van der Waals surface area contributed by atoms with Crippen molar-refractivity contribution >= 4 is 17.4 Å². The predicted molar refractivity (Wildman–Crippen MR) is 78.8 cm³/mol. The first-order valence-electron chi connectivity index (χ1n) is 6.46. The van der Waals surface area contributed by atoms with Gasteiger partial charge in [0.1, 0.15) is 24.0 Å². The molecule has 0 aliphatic heterocycles. The molecule has 2 rings (SSSR count). The van der Waals surface area contributed by atoms with Gasteiger partial charge in [-0.05, 0) is 36.8 Å². The number of hydrogen-bond donors (Lipinski definition) is 1. The van der Waals surface area contributed by atoms with Gasteiger partial charge in [0.25, 0.3) is 0 Å². The highest BCUT2D eigenvalue weighted by Crippen LogP contribution is 2.25. The average Bonchev–Trinajstić information content (AvgIpc) is 2.45. The fourth-order valence-electron chi connectivity index (χ4n) is 1.66. The Morgan fingerprint density at radius 2 is 2.15 bits per heavy atom. The number of aromatic nitrogens is 1. The summed E-state index contributed by atoms with van der Waals surface area (Å²) in [7, 11) is 0. The van der Waals surface area contributed by atoms with Crippen LogP contribution < -0.4 is 10.1 Å². The standard InChI is InChI=1S/C15H16ClFN2O/c1-2-8-18-15-5-3-4-12(19-15)10-20-14-7-6-11(17)9-13(14)16/h3-7,9H,2,8,10H2,1H3,(H,18,19). The topological polar surface area (TPSA) is 34.1 Å². The van der Waals surface area contributed by atoms with Crippen LogP contribution in [0.2, 0.25) is 5.02 Å². The van der Waals surface area contributed by atoms with E-state index in [2.05, 4.69) is 17.2 Å². The summed E-state index contributed by atoms with van der Waals surface area (Å²) < 4.78 is 18.5. The molecule has 0 amide bonds. The molecule has 1 heterocycles. The lowest BCUT2D eigenvalue weighted by Gasteiger charge is -2.09. The van der Waals surface area contributed by atoms with E-state index in [0.29, 0.717) is 5.75 Å². The fourth-order valence-corrected chi connectivity index (χ4v) is 1.88. The summed E-state index contributed by atoms with van der Waals surface area (Å²) in [6.45, 7) is 3.25. The van der Waals surface area contributed by atoms with Crippen molar-refractivity contribution in [3.63, 3.8) is 0 Å². The molecule has 106 valence electrons. The van der Waals surface area contributed by atoms with Crippen LogP contribution in [-0.4, -0.2) is 11.5 Å². The molecule has 5 heteroatoms. The van der Waals surface area contributed by atoms with Gasteiger partial charge in [-0.25, -0.2) is 9.37 Å². The minimum absolute atomic E-state index is 0.255. The maximum absolute atomic E-state index is 12.9. The van der Waals surface area contributed by atoms with Crippen LogP contribution in [-0.2, 0) is 6.61 Å². The van der Waals surface area contributed by atoms with E-state index in [1.54, 1.807) is 0 Å². The second-order valence-corrected chi connectivity index (χ2v) is 4.71. The molecule has 3 nitrogen and oxygen atoms in total. The molecule has 1 N–H and O–H groups in total. The maximum atomic E-state index is 12.9. The molecule has 0 aliphatic carbocycles. The summed E-state index contributed by atoms with van der Waals surface area (Å²) in [6, 6.07) is 9.74. The first-order chi connectivity index (χ1) is 9.69. The highest BCUT2D eigenvalue weighted by Gasteiger charge is 2.04. The lowest BCUT2D eigenvalue weighted by atomic mass is 10.3. The SMILES string of the molecule is CCCNc1cccc(COc2ccc(F)cc2Cl)n1. The summed E-state index contributed by atoms with van der Waals surface area (Å²) in [6.07, 6.45) is 1.04. The van der Waals surface area contributed by atoms with Gasteiger partial charge in [-0.15, -0.1) is 0 Å². The third kappa shape index (κ3) is 4.10. The van der Waals surface area contributed by atoms with Gasteiger partial charge >= 0.3 is 0 Å². The van der Waals surface area contributed by atoms with Crippen molar-refractivity contribution in [2.45, 2.75) is 20.0 Å². The van der Waals surface area contributed by atoms with Gasteiger partial charge in [0.05, 0.1) is 10.7 Å². The third-order valence-electron chi connectivity index (χ3n) is 2.63. The average molecular weight is 295 g/mol. The summed E-state index contributed by atoms with van der Waals surface area (Å²) >= 11 is 5.90. The minimum Gasteiger partial charge on any atom is -0.486 e. The van der Waals surface area contributed by atoms with Crippen molar-refractivity contribution in [1.82, 2.24) is 4.98 Å². The van der Waals surface area contributed by atoms with E-state index in [0.717, 1.165) is 24.5 Å². The molecule has 0 atom stereocenters. The van der Waals surface area contributed by atoms with Crippen LogP contribution in [0, 0.1) is 5.82 Å². The van der Waals surface area contributed by atoms with Gasteiger partial charge in [0.15, 0.2) is 0 Å². The normalized spacial score (nSPS) is 10.3. The Labute approximate surface area is 122 Å². The van der Waals surface area contributed by atoms with Crippen molar-refractivity contribution in [1.29, 1.82) is 0 Å². The molecule has 0 unspecified atom stereocenters. The first-order valence-corrected chi connectivity index (χ1v) is 6.84. The second kappa shape index (κ2) is 7.10. The minimum atomic E-state index is -0.383. The Kier molecular flexibility index (Phi) is 5.18. The molecular weight excluding hydrogens is 279 g/mol. The monoisotopic (exact) mass is 294 g/mol. The Hall–Kier alpha value is -1.81. The van der Waals surface area contributed by atoms with E-state index in [9.17, 15) is 4.39 Å². The van der Waals surface area contributed by atoms with Crippen molar-refractivity contribution in [3.05, 3.63) is 52.9 Å². The van der Waals surface area contributed by atoms with Gasteiger partial charge in [0.2, 0.25) is 0 Å². The lowest BCUT2D eigenvalue weighted by Crippen LogP contribution is -2.05. The van der Waals surface area contributed by atoms with E-state index in [1.807, 2.05) is 18.2 Å². The van der Waals surface area contributed by atoms with Crippen LogP contribution >= 0.6 is 11.6 Å². The number of nitrogens with one attached hydrogen (secondary N) is 1. The molecule has 0 spiro atoms. The van der Waals surface area contributed by atoms with Crippen LogP contribution in [0.4, 0.5) is 10.2 Å². The van der Waals surface area contributed by atoms with Crippen LogP contribution in [0.1, 0.15) is 19.0 Å². The molecule has 0 radical (unpaired) electrons. The predicted octanol–water partition coefficient (Wildman–Crippen LogP) is 4.28. The van der Waals surface area contributed by atoms with Crippen molar-refractivity contribution in [2.75, 3.05) is 11.9 Å². The zero-order chi connectivity index (χ0) is 14.4. The van der Waals surface area contributed by atoms with Crippen molar-refractivity contribution in [2.24, 2.45) is 0 Å². The number of hydrogen-bond acceptors (Lipinski definition) is 3. The molecule has 2 aromatic rings. The van der Waals surface area contributed by atoms with Gasteiger partial charge in [-0.1, -0.05) is 24.6 Å². The van der Waals surface area contributed by atoms with Gasteiger partial charge < -0.3 is 10.1 Å². The fraction of sp³-hybridized carbons (Fsp3) is 0.267. The largest absolute Gasteiger partial charge is 0.486 e. The Morgan fingerprint density at radius 3 is 2.90 bits per heavy atom. The third-order valence-corrected chi connectivity index (χ3v) is 2.93. The number of pyridine rings is 1. The zero-order valence-corrected chi connectivity index (χ0v) is 12.0. The molecule has 1 aromatic heterocycles. The zero-order valence-electron chi connectivity index (χ0n) is 11.2. The van der Waals surface area contributed by atoms with Crippen LogP contribution in [0.3, 0.4) is 0 Å². The lowest BCUT2D eigenvalue weighted by molar-refractivity contribution is 0.301. The summed E-state index contributed by atoms with van der Waals surface area (Å²) in [4.78, 5) is 4.42. The Balaban J connectivity index is 1.99. The van der Waals surface area contributed by atoms with E-state index < -0.39 is 0 Å². The van der Waals surface area contributed by atoms with Crippen LogP contribution in [0.25, 0.3) is 0 Å². The number of benzene rings is 1. The maximum Gasteiger partial charge on any atom is 0.138 e. The second-order valence-electron chi connectivity index (χ2n) is 4.30. The Morgan fingerprint density at radius 1 is 1.30 bits per heavy atom. The van der Waals surface area contributed by atoms with Crippen LogP contribution in [0.5, 0.6) is 5.75 Å². The number of halogens is 2. The van der Waals surface area contributed by atoms with Crippen molar-refractivity contribution in [3.8, 4) is 5.75 Å². The molecular formula is C15H16ClFN2O. The molecule has 0 aliphatic rings. The molecule has 0 fully saturated rings. The van der Waals surface area contributed by atoms with Crippen LogP contribution in [0.15, 0.2) is 36.4 Å². The molecule has 0 bridgehead atoms. The Bertz CT molecular complexity index is 578. The van der Waals surface area contributed by atoms with E-state index in [1.165, 1.54) is 18.2 Å². The summed E-state index contributed by atoms with van der Waals surface area (Å²) in [5, 5.41) is 3.46. The van der Waals surface area contributed by atoms with Gasteiger partial charge in [0, 0.05) is 6.54 Å². The number of rotatable bonds is 6. The van der Waals surface area contributed by atoms with E-state index in [-0.39, 0.29) is 17.4 Å². The number of nitrogens with zero attached hydrogens (tertiary/aromatic N) is 1. The summed E-state index contributed by atoms with van der Waals surface area (Å²) in [5.41, 5.74) is 0.784. The first kappa shape index (κ1) is 14.6. The number of anilines is 1. The van der Waals surface area contributed by atoms with Crippen molar-refractivity contribution < 1.29 is 9.13 Å². The van der Waals surface area contributed by atoms with Gasteiger partial charge in [-0.2, -0.15) is 0 Å². The number of ether oxygens (including phenoxy) is 1. The molecule has 20 heavy (non-hydrogen) atoms. The highest BCUT2D eigenvalue weighted by molar-refractivity contribution is 6.32. The molecule has 1 aromatic carbocycles.